The minimum Gasteiger partial charge on any atom is -0.344 e. The number of nitrogens with one attached hydrogen (secondary N) is 2. The van der Waals surface area contributed by atoms with E-state index in [9.17, 15) is 13.2 Å². The van der Waals surface area contributed by atoms with Crippen molar-refractivity contribution in [1.82, 2.24) is 10.3 Å². The number of pyridine rings is 1. The van der Waals surface area contributed by atoms with Crippen molar-refractivity contribution in [3.63, 3.8) is 0 Å². The van der Waals surface area contributed by atoms with Gasteiger partial charge >= 0.3 is 0 Å². The molecule has 3 aromatic rings. The molecule has 28 heavy (non-hydrogen) atoms. The number of aryl methyl sites for hydroxylation is 1. The first-order valence-electron chi connectivity index (χ1n) is 8.76. The second-order valence-electron chi connectivity index (χ2n) is 6.45. The predicted molar refractivity (Wildman–Crippen MR) is 109 cm³/mol. The van der Waals surface area contributed by atoms with Crippen LogP contribution < -0.4 is 10.0 Å². The van der Waals surface area contributed by atoms with Crippen LogP contribution >= 0.6 is 0 Å². The van der Waals surface area contributed by atoms with E-state index in [4.69, 9.17) is 0 Å². The standard InChI is InChI=1S/C21H21N3O3S/c1-15-6-10-18(11-7-15)24-28(26,27)19-12-8-17(9-13-19)21(25)23-16(2)20-5-3-4-14-22-20/h3-14,16,24H,1-2H3,(H,23,25). The van der Waals surface area contributed by atoms with Crippen LogP contribution in [0.3, 0.4) is 0 Å². The van der Waals surface area contributed by atoms with Crippen molar-refractivity contribution in [2.24, 2.45) is 0 Å². The number of amides is 1. The maximum atomic E-state index is 12.5. The van der Waals surface area contributed by atoms with Crippen LogP contribution in [0.2, 0.25) is 0 Å². The Morgan fingerprint density at radius 1 is 0.964 bits per heavy atom. The molecular formula is C21H21N3O3S. The molecule has 0 aliphatic rings. The highest BCUT2D eigenvalue weighted by Crippen LogP contribution is 2.18. The molecular weight excluding hydrogens is 374 g/mol. The summed E-state index contributed by atoms with van der Waals surface area (Å²) < 4.78 is 27.5. The van der Waals surface area contributed by atoms with Crippen LogP contribution in [0.25, 0.3) is 0 Å². The van der Waals surface area contributed by atoms with Crippen LogP contribution in [0.15, 0.2) is 77.8 Å². The van der Waals surface area contributed by atoms with E-state index in [0.29, 0.717) is 11.3 Å². The van der Waals surface area contributed by atoms with Crippen molar-refractivity contribution in [3.8, 4) is 0 Å². The molecule has 1 unspecified atom stereocenters. The molecule has 0 bridgehead atoms. The molecule has 6 nitrogen and oxygen atoms in total. The molecule has 0 aliphatic carbocycles. The van der Waals surface area contributed by atoms with Gasteiger partial charge in [-0.1, -0.05) is 23.8 Å². The first kappa shape index (κ1) is 19.6. The number of hydrogen-bond acceptors (Lipinski definition) is 4. The second kappa shape index (κ2) is 8.22. The van der Waals surface area contributed by atoms with Gasteiger partial charge in [-0.2, -0.15) is 0 Å². The Labute approximate surface area is 164 Å². The van der Waals surface area contributed by atoms with Crippen molar-refractivity contribution in [3.05, 3.63) is 89.7 Å². The SMILES string of the molecule is Cc1ccc(NS(=O)(=O)c2ccc(C(=O)NC(C)c3ccccn3)cc2)cc1. The Hall–Kier alpha value is -3.19. The summed E-state index contributed by atoms with van der Waals surface area (Å²) in [4.78, 5) is 16.7. The molecule has 1 aromatic heterocycles. The first-order chi connectivity index (χ1) is 13.3. The normalized spacial score (nSPS) is 12.2. The number of carbonyl (C=O) groups is 1. The topological polar surface area (TPSA) is 88.2 Å². The lowest BCUT2D eigenvalue weighted by Gasteiger charge is -2.13. The molecule has 144 valence electrons. The molecule has 0 saturated carbocycles. The molecule has 7 heteroatoms. The molecule has 2 aromatic carbocycles. The highest BCUT2D eigenvalue weighted by Gasteiger charge is 2.16. The zero-order valence-electron chi connectivity index (χ0n) is 15.6. The summed E-state index contributed by atoms with van der Waals surface area (Å²) in [7, 11) is -3.73. The highest BCUT2D eigenvalue weighted by molar-refractivity contribution is 7.92. The summed E-state index contributed by atoms with van der Waals surface area (Å²) >= 11 is 0. The van der Waals surface area contributed by atoms with E-state index in [1.165, 1.54) is 24.3 Å². The first-order valence-corrected chi connectivity index (χ1v) is 10.2. The van der Waals surface area contributed by atoms with Gasteiger partial charge in [-0.3, -0.25) is 14.5 Å². The molecule has 0 radical (unpaired) electrons. The molecule has 0 spiro atoms. The van der Waals surface area contributed by atoms with Crippen LogP contribution in [-0.4, -0.2) is 19.3 Å². The lowest BCUT2D eigenvalue weighted by Crippen LogP contribution is -2.27. The van der Waals surface area contributed by atoms with Gasteiger partial charge in [-0.25, -0.2) is 8.42 Å². The van der Waals surface area contributed by atoms with Gasteiger partial charge < -0.3 is 5.32 Å². The number of nitrogens with zero attached hydrogens (tertiary/aromatic N) is 1. The number of sulfonamides is 1. The average Bonchev–Trinajstić information content (AvgIpc) is 2.70. The number of hydrogen-bond donors (Lipinski definition) is 2. The summed E-state index contributed by atoms with van der Waals surface area (Å²) in [5.74, 6) is -0.298. The second-order valence-corrected chi connectivity index (χ2v) is 8.13. The van der Waals surface area contributed by atoms with Crippen molar-refractivity contribution >= 4 is 21.6 Å². The monoisotopic (exact) mass is 395 g/mol. The van der Waals surface area contributed by atoms with Crippen LogP contribution in [0.1, 0.15) is 34.6 Å². The largest absolute Gasteiger partial charge is 0.344 e. The molecule has 0 fully saturated rings. The van der Waals surface area contributed by atoms with Crippen molar-refractivity contribution in [2.45, 2.75) is 24.8 Å². The molecule has 0 saturated heterocycles. The predicted octanol–water partition coefficient (Wildman–Crippen LogP) is 3.68. The zero-order chi connectivity index (χ0) is 20.1. The number of anilines is 1. The molecule has 1 amide bonds. The maximum Gasteiger partial charge on any atom is 0.261 e. The van der Waals surface area contributed by atoms with Gasteiger partial charge in [-0.15, -0.1) is 0 Å². The van der Waals surface area contributed by atoms with Gasteiger partial charge in [0, 0.05) is 17.4 Å². The van der Waals surface area contributed by atoms with Crippen molar-refractivity contribution in [2.75, 3.05) is 4.72 Å². The van der Waals surface area contributed by atoms with Crippen molar-refractivity contribution < 1.29 is 13.2 Å². The van der Waals surface area contributed by atoms with E-state index in [0.717, 1.165) is 11.3 Å². The van der Waals surface area contributed by atoms with E-state index in [1.807, 2.05) is 44.2 Å². The van der Waals surface area contributed by atoms with Gasteiger partial charge in [0.05, 0.1) is 16.6 Å². The average molecular weight is 395 g/mol. The van der Waals surface area contributed by atoms with Gasteiger partial charge in [-0.05, 0) is 62.4 Å². The molecule has 1 atom stereocenters. The molecule has 2 N–H and O–H groups in total. The lowest BCUT2D eigenvalue weighted by atomic mass is 10.1. The van der Waals surface area contributed by atoms with Crippen LogP contribution in [0.4, 0.5) is 5.69 Å². The van der Waals surface area contributed by atoms with Crippen LogP contribution in [-0.2, 0) is 10.0 Å². The Bertz CT molecular complexity index is 1050. The minimum atomic E-state index is -3.73. The Morgan fingerprint density at radius 3 is 2.25 bits per heavy atom. The summed E-state index contributed by atoms with van der Waals surface area (Å²) in [5.41, 5.74) is 2.64. The quantitative estimate of drug-likeness (QED) is 0.666. The zero-order valence-corrected chi connectivity index (χ0v) is 16.4. The molecule has 0 aliphatic heterocycles. The molecule has 3 rings (SSSR count). The Kier molecular flexibility index (Phi) is 5.75. The van der Waals surface area contributed by atoms with E-state index < -0.39 is 10.0 Å². The fraction of sp³-hybridized carbons (Fsp3) is 0.143. The fourth-order valence-corrected chi connectivity index (χ4v) is 3.67. The Balaban J connectivity index is 1.70. The summed E-state index contributed by atoms with van der Waals surface area (Å²) in [5, 5.41) is 2.85. The third-order valence-corrected chi connectivity index (χ3v) is 5.61. The number of benzene rings is 2. The summed E-state index contributed by atoms with van der Waals surface area (Å²) in [6, 6.07) is 18.1. The third-order valence-electron chi connectivity index (χ3n) is 4.21. The lowest BCUT2D eigenvalue weighted by molar-refractivity contribution is 0.0939. The number of aromatic nitrogens is 1. The van der Waals surface area contributed by atoms with Crippen molar-refractivity contribution in [1.29, 1.82) is 0 Å². The highest BCUT2D eigenvalue weighted by atomic mass is 32.2. The number of carbonyl (C=O) groups excluding carboxylic acids is 1. The van der Waals surface area contributed by atoms with Gasteiger partial charge in [0.2, 0.25) is 0 Å². The molecule has 1 heterocycles. The minimum absolute atomic E-state index is 0.0856. The van der Waals surface area contributed by atoms with Gasteiger partial charge in [0.15, 0.2) is 0 Å². The smallest absolute Gasteiger partial charge is 0.261 e. The maximum absolute atomic E-state index is 12.5. The van der Waals surface area contributed by atoms with E-state index in [2.05, 4.69) is 15.0 Å². The summed E-state index contributed by atoms with van der Waals surface area (Å²) in [6.45, 7) is 3.77. The third kappa shape index (κ3) is 4.75. The van der Waals surface area contributed by atoms with E-state index in [1.54, 1.807) is 18.3 Å². The summed E-state index contributed by atoms with van der Waals surface area (Å²) in [6.07, 6.45) is 1.67. The van der Waals surface area contributed by atoms with E-state index in [-0.39, 0.29) is 16.8 Å². The fourth-order valence-electron chi connectivity index (χ4n) is 2.61. The van der Waals surface area contributed by atoms with Gasteiger partial charge in [0.1, 0.15) is 0 Å². The van der Waals surface area contributed by atoms with E-state index >= 15 is 0 Å². The van der Waals surface area contributed by atoms with Gasteiger partial charge in [0.25, 0.3) is 15.9 Å². The Morgan fingerprint density at radius 2 is 1.64 bits per heavy atom. The van der Waals surface area contributed by atoms with Crippen LogP contribution in [0, 0.1) is 6.92 Å². The number of rotatable bonds is 6. The van der Waals surface area contributed by atoms with Crippen LogP contribution in [0.5, 0.6) is 0 Å².